The SMILES string of the molecule is C=C(C)C(=O)OC(C)C(C)(C)Br.N. The number of hydrogen-bond donors (Lipinski definition) is 1. The third-order valence-corrected chi connectivity index (χ3v) is 2.24. The van der Waals surface area contributed by atoms with Crippen molar-refractivity contribution in [3.05, 3.63) is 12.2 Å². The van der Waals surface area contributed by atoms with Gasteiger partial charge in [0.2, 0.25) is 0 Å². The highest BCUT2D eigenvalue weighted by molar-refractivity contribution is 9.10. The molecule has 0 saturated heterocycles. The van der Waals surface area contributed by atoms with E-state index in [9.17, 15) is 4.79 Å². The van der Waals surface area contributed by atoms with Crippen molar-refractivity contribution in [1.29, 1.82) is 0 Å². The standard InChI is InChI=1S/C9H15BrO2.H3N/c1-6(2)8(11)12-7(3)9(4,5)10;/h7H,1H2,2-5H3;1H3. The zero-order valence-corrected chi connectivity index (χ0v) is 10.3. The minimum absolute atomic E-state index is 0. The van der Waals surface area contributed by atoms with E-state index in [1.807, 2.05) is 20.8 Å². The van der Waals surface area contributed by atoms with Crippen molar-refractivity contribution >= 4 is 21.9 Å². The van der Waals surface area contributed by atoms with E-state index in [4.69, 9.17) is 4.74 Å². The number of rotatable bonds is 3. The molecule has 0 aromatic carbocycles. The van der Waals surface area contributed by atoms with Gasteiger partial charge >= 0.3 is 5.97 Å². The van der Waals surface area contributed by atoms with Crippen molar-refractivity contribution in [3.63, 3.8) is 0 Å². The van der Waals surface area contributed by atoms with E-state index in [0.717, 1.165) is 0 Å². The average molecular weight is 252 g/mol. The zero-order chi connectivity index (χ0) is 9.94. The van der Waals surface area contributed by atoms with Crippen molar-refractivity contribution in [2.75, 3.05) is 0 Å². The van der Waals surface area contributed by atoms with Crippen molar-refractivity contribution in [2.45, 2.75) is 38.1 Å². The van der Waals surface area contributed by atoms with Gasteiger partial charge in [0.05, 0.1) is 4.32 Å². The molecule has 0 radical (unpaired) electrons. The largest absolute Gasteiger partial charge is 0.458 e. The van der Waals surface area contributed by atoms with Gasteiger partial charge in [-0.25, -0.2) is 4.79 Å². The topological polar surface area (TPSA) is 61.3 Å². The molecule has 0 spiro atoms. The quantitative estimate of drug-likeness (QED) is 0.477. The monoisotopic (exact) mass is 251 g/mol. The Morgan fingerprint density at radius 1 is 1.54 bits per heavy atom. The van der Waals surface area contributed by atoms with Gasteiger partial charge in [-0.2, -0.15) is 0 Å². The second-order valence-corrected chi connectivity index (χ2v) is 5.44. The molecule has 78 valence electrons. The molecule has 0 heterocycles. The van der Waals surface area contributed by atoms with Crippen molar-refractivity contribution < 1.29 is 9.53 Å². The summed E-state index contributed by atoms with van der Waals surface area (Å²) in [5.41, 5.74) is 0.429. The molecule has 1 unspecified atom stereocenters. The Bertz CT molecular complexity index is 196. The van der Waals surface area contributed by atoms with Gasteiger partial charge in [-0.3, -0.25) is 0 Å². The summed E-state index contributed by atoms with van der Waals surface area (Å²) in [6, 6.07) is 0. The van der Waals surface area contributed by atoms with Gasteiger partial charge in [-0.05, 0) is 27.7 Å². The lowest BCUT2D eigenvalue weighted by Crippen LogP contribution is -2.31. The Balaban J connectivity index is 0. The average Bonchev–Trinajstić information content (AvgIpc) is 1.85. The van der Waals surface area contributed by atoms with Crippen LogP contribution in [0.15, 0.2) is 12.2 Å². The van der Waals surface area contributed by atoms with E-state index in [2.05, 4.69) is 22.5 Å². The minimum Gasteiger partial charge on any atom is -0.458 e. The lowest BCUT2D eigenvalue weighted by atomic mass is 10.1. The maximum absolute atomic E-state index is 11.1. The predicted molar refractivity (Wildman–Crippen MR) is 58.4 cm³/mol. The van der Waals surface area contributed by atoms with Crippen LogP contribution in [0.25, 0.3) is 0 Å². The Kier molecular flexibility index (Phi) is 6.28. The summed E-state index contributed by atoms with van der Waals surface area (Å²) in [5.74, 6) is -0.338. The number of carbonyl (C=O) groups is 1. The summed E-state index contributed by atoms with van der Waals surface area (Å²) >= 11 is 3.41. The molecule has 0 aromatic heterocycles. The van der Waals surface area contributed by atoms with Crippen LogP contribution in [-0.2, 0) is 9.53 Å². The molecular weight excluding hydrogens is 234 g/mol. The van der Waals surface area contributed by atoms with Crippen LogP contribution in [0.1, 0.15) is 27.7 Å². The fraction of sp³-hybridized carbons (Fsp3) is 0.667. The molecule has 3 N–H and O–H groups in total. The van der Waals surface area contributed by atoms with Gasteiger partial charge < -0.3 is 10.9 Å². The van der Waals surface area contributed by atoms with Crippen LogP contribution in [-0.4, -0.2) is 16.4 Å². The number of alkyl halides is 1. The molecule has 0 bridgehead atoms. The summed E-state index contributed by atoms with van der Waals surface area (Å²) < 4.78 is 4.89. The van der Waals surface area contributed by atoms with Crippen molar-refractivity contribution in [3.8, 4) is 0 Å². The summed E-state index contributed by atoms with van der Waals surface area (Å²) in [6.45, 7) is 10.9. The zero-order valence-electron chi connectivity index (χ0n) is 8.69. The van der Waals surface area contributed by atoms with Crippen molar-refractivity contribution in [2.24, 2.45) is 0 Å². The molecule has 0 aliphatic heterocycles. The summed E-state index contributed by atoms with van der Waals surface area (Å²) in [7, 11) is 0. The molecule has 0 amide bonds. The minimum atomic E-state index is -0.338. The van der Waals surface area contributed by atoms with E-state index in [-0.39, 0.29) is 22.5 Å². The summed E-state index contributed by atoms with van der Waals surface area (Å²) in [6.07, 6.45) is -0.165. The van der Waals surface area contributed by atoms with Crippen LogP contribution in [0.2, 0.25) is 0 Å². The highest BCUT2D eigenvalue weighted by atomic mass is 79.9. The van der Waals surface area contributed by atoms with Gasteiger partial charge in [0.15, 0.2) is 0 Å². The number of halogens is 1. The molecule has 4 heteroatoms. The lowest BCUT2D eigenvalue weighted by molar-refractivity contribution is -0.144. The molecule has 0 saturated carbocycles. The fourth-order valence-corrected chi connectivity index (χ4v) is 0.495. The van der Waals surface area contributed by atoms with E-state index in [1.54, 1.807) is 6.92 Å². The maximum atomic E-state index is 11.1. The second-order valence-electron chi connectivity index (χ2n) is 3.39. The normalized spacial score (nSPS) is 12.7. The number of hydrogen-bond acceptors (Lipinski definition) is 3. The Labute approximate surface area is 88.2 Å². The van der Waals surface area contributed by atoms with Crippen LogP contribution in [0.4, 0.5) is 0 Å². The van der Waals surface area contributed by atoms with Gasteiger partial charge in [-0.15, -0.1) is 0 Å². The van der Waals surface area contributed by atoms with Crippen LogP contribution >= 0.6 is 15.9 Å². The van der Waals surface area contributed by atoms with E-state index in [0.29, 0.717) is 5.57 Å². The van der Waals surface area contributed by atoms with E-state index >= 15 is 0 Å². The first-order valence-corrected chi connectivity index (χ1v) is 4.60. The van der Waals surface area contributed by atoms with Crippen LogP contribution in [0.5, 0.6) is 0 Å². The van der Waals surface area contributed by atoms with Crippen LogP contribution in [0.3, 0.4) is 0 Å². The first-order valence-electron chi connectivity index (χ1n) is 3.80. The van der Waals surface area contributed by atoms with Gasteiger partial charge in [0.1, 0.15) is 6.10 Å². The summed E-state index contributed by atoms with van der Waals surface area (Å²) in [4.78, 5) is 11.1. The smallest absolute Gasteiger partial charge is 0.333 e. The first-order chi connectivity index (χ1) is 5.25. The molecule has 3 nitrogen and oxygen atoms in total. The summed E-state index contributed by atoms with van der Waals surface area (Å²) in [5, 5.41) is 0. The number of carbonyl (C=O) groups excluding carboxylic acids is 1. The maximum Gasteiger partial charge on any atom is 0.333 e. The fourth-order valence-electron chi connectivity index (χ4n) is 0.401. The first kappa shape index (κ1) is 15.1. The Morgan fingerprint density at radius 3 is 2.15 bits per heavy atom. The van der Waals surface area contributed by atoms with Gasteiger partial charge in [0, 0.05) is 5.57 Å². The van der Waals surface area contributed by atoms with E-state index in [1.165, 1.54) is 0 Å². The van der Waals surface area contributed by atoms with Gasteiger partial charge in [-0.1, -0.05) is 22.5 Å². The molecule has 0 fully saturated rings. The molecule has 13 heavy (non-hydrogen) atoms. The number of ether oxygens (including phenoxy) is 1. The molecular formula is C9H18BrNO2. The molecule has 0 aliphatic rings. The predicted octanol–water partition coefficient (Wildman–Crippen LogP) is 2.83. The highest BCUT2D eigenvalue weighted by Gasteiger charge is 2.25. The molecule has 1 atom stereocenters. The highest BCUT2D eigenvalue weighted by Crippen LogP contribution is 2.23. The third kappa shape index (κ3) is 5.82. The van der Waals surface area contributed by atoms with Crippen LogP contribution in [0, 0.1) is 0 Å². The number of esters is 1. The Hall–Kier alpha value is -0.350. The van der Waals surface area contributed by atoms with Crippen LogP contribution < -0.4 is 6.15 Å². The second kappa shape index (κ2) is 5.40. The molecule has 0 aliphatic carbocycles. The van der Waals surface area contributed by atoms with Gasteiger partial charge in [0.25, 0.3) is 0 Å². The molecule has 0 aromatic rings. The Morgan fingerprint density at radius 2 is 1.92 bits per heavy atom. The third-order valence-electron chi connectivity index (χ3n) is 1.60. The molecule has 0 rings (SSSR count). The van der Waals surface area contributed by atoms with Crippen molar-refractivity contribution in [1.82, 2.24) is 6.15 Å². The van der Waals surface area contributed by atoms with E-state index < -0.39 is 0 Å². The lowest BCUT2D eigenvalue weighted by Gasteiger charge is -2.24.